The Balaban J connectivity index is 4.65. The molecular formula is C128H4-2. The quantitative estimate of drug-likeness (QED) is 0.250. The summed E-state index contributed by atoms with van der Waals surface area (Å²) in [7, 11) is 0. The van der Waals surface area contributed by atoms with E-state index in [9.17, 15) is 0 Å². The first-order chi connectivity index (χ1) is 63.9. The van der Waals surface area contributed by atoms with Crippen molar-refractivity contribution in [2.75, 3.05) is 0 Å². The molecule has 0 radical (unpaired) electrons. The van der Waals surface area contributed by atoms with Crippen LogP contribution < -0.4 is 0 Å². The molecule has 0 aromatic heterocycles. The van der Waals surface area contributed by atoms with Crippen LogP contribution in [0, 0.1) is 760 Å². The van der Waals surface area contributed by atoms with E-state index in [0.717, 1.165) is 0 Å². The van der Waals surface area contributed by atoms with E-state index in [1.807, 2.05) is 0 Å². The molecule has 0 heterocycles. The van der Waals surface area contributed by atoms with Crippen LogP contribution in [0.1, 0.15) is 0 Å². The monoisotopic (exact) mass is 1540 g/mol. The molecule has 0 aromatic carbocycles. The first-order valence-corrected chi connectivity index (χ1v) is 32.0. The fourth-order valence-electron chi connectivity index (χ4n) is 3.90. The smallest absolute Gasteiger partial charge is 0 e. The molecule has 518 valence electrons. The predicted molar refractivity (Wildman–Crippen MR) is 501 cm³/mol. The van der Waals surface area contributed by atoms with Crippen LogP contribution in [0.25, 0.3) is 0 Å². The van der Waals surface area contributed by atoms with Gasteiger partial charge in [0, 0.05) is 616 Å². The topological polar surface area (TPSA) is 0 Å². The van der Waals surface area contributed by atoms with Crippen molar-refractivity contribution in [1.82, 2.24) is 0 Å². The van der Waals surface area contributed by atoms with Gasteiger partial charge < -0.3 is 0 Å². The number of hydrogen-bond donors (Lipinski definition) is 0. The summed E-state index contributed by atoms with van der Waals surface area (Å²) in [6, 6.07) is 0. The SMILES string of the molecule is [CH2-]C#CC#CC#CC#CC#CC#CC#CC#CC#CC#CC#CC#CC#CC#CC#CC#CC#CC#CC#CC#CC#CC#CC#CC#CC#CC#CC#CC#CC#CC#CC#CC#CC#CC#CC#CC#CC#CC#CC#CC#CC#CC#CC#CC#CC#CC#CC#CC#CC#CC#CC#CC#CC#CC#CC#CC#CC#CC#CC#CC#CC#CC#CC#C[CH2-]. The highest BCUT2D eigenvalue weighted by Gasteiger charge is 1.70. The Bertz CT molecular complexity index is 8460. The average Bonchev–Trinajstić information content (AvgIpc) is 1.15. The lowest BCUT2D eigenvalue weighted by molar-refractivity contribution is 2.31. The number of hydrogen-bond acceptors (Lipinski definition) is 0. The highest BCUT2D eigenvalue weighted by atomic mass is 13.7. The molecule has 0 spiro atoms. The lowest BCUT2D eigenvalue weighted by atomic mass is 10.4. The van der Waals surface area contributed by atoms with Crippen LogP contribution in [0.2, 0.25) is 0 Å². The van der Waals surface area contributed by atoms with Gasteiger partial charge in [-0.15, -0.1) is 11.8 Å². The minimum absolute atomic E-state index is 2.37. The standard InChI is InChI=1S/C128H4/c1-3-5-7-9-11-13-15-17-19-21-23-25-27-29-31-33-35-37-39-41-43-45-47-49-51-53-55-57-59-61-63-65-67-69-71-73-75-77-79-81-83-85-87-89-91-93-95-97-99-101-103-105-107-109-111-113-115-117-119-121-123-125-127-128-126-124-122-120-118-116-114-112-110-108-106-104-102-100-98-96-94-92-90-88-86-84-82-80-78-76-74-72-70-68-66-64-62-60-58-56-54-52-50-48-46-44-42-40-38-36-34-32-30-28-26-24-22-20-18-16-14-12-10-8-6-4-2/h1-2H2/q-2. The molecule has 0 bridgehead atoms. The highest BCUT2D eigenvalue weighted by molar-refractivity contribution is 5.59. The highest BCUT2D eigenvalue weighted by Crippen LogP contribution is 1.70. The van der Waals surface area contributed by atoms with Crippen molar-refractivity contribution >= 4 is 0 Å². The molecule has 128 heavy (non-hydrogen) atoms. The molecule has 0 fully saturated rings. The summed E-state index contributed by atoms with van der Waals surface area (Å²) in [6.07, 6.45) is 0. The van der Waals surface area contributed by atoms with Crippen LogP contribution >= 0.6 is 0 Å². The molecule has 0 N–H and O–H groups in total. The number of rotatable bonds is 0. The minimum Gasteiger partial charge on any atom is -0.284 e. The third-order valence-electron chi connectivity index (χ3n) is 7.86. The van der Waals surface area contributed by atoms with Crippen molar-refractivity contribution in [3.8, 4) is 746 Å². The Morgan fingerprint density at radius 2 is 0.0625 bits per heavy atom. The van der Waals surface area contributed by atoms with Gasteiger partial charge in [-0.1, -0.05) is 0 Å². The normalized spacial score (nSPS) is 3.97. The van der Waals surface area contributed by atoms with Crippen molar-refractivity contribution in [3.05, 3.63) is 13.8 Å². The van der Waals surface area contributed by atoms with E-state index in [4.69, 9.17) is 0 Å². The van der Waals surface area contributed by atoms with Crippen LogP contribution in [0.15, 0.2) is 0 Å². The van der Waals surface area contributed by atoms with E-state index in [1.165, 1.54) is 0 Å². The summed E-state index contributed by atoms with van der Waals surface area (Å²) in [5.74, 6) is 314. The molecule has 0 saturated carbocycles. The molecule has 0 atom stereocenters. The zero-order valence-electron chi connectivity index (χ0n) is 64.4. The molecule has 0 rings (SSSR count). The molecule has 0 aliphatic rings. The Labute approximate surface area is 754 Å². The van der Waals surface area contributed by atoms with Gasteiger partial charge in [0.25, 0.3) is 0 Å². The largest absolute Gasteiger partial charge is 0.284 e. The van der Waals surface area contributed by atoms with Gasteiger partial charge in [0.05, 0.1) is 0 Å². The van der Waals surface area contributed by atoms with Crippen LogP contribution in [0.5, 0.6) is 0 Å². The molecule has 0 nitrogen and oxygen atoms in total. The first kappa shape index (κ1) is 100. The van der Waals surface area contributed by atoms with Gasteiger partial charge in [-0.3, -0.25) is 11.8 Å². The third-order valence-corrected chi connectivity index (χ3v) is 7.86. The second-order valence-electron chi connectivity index (χ2n) is 15.9. The Kier molecular flexibility index (Phi) is 77.4. The maximum Gasteiger partial charge on any atom is 0 e. The van der Waals surface area contributed by atoms with E-state index in [-0.39, 0.29) is 0 Å². The van der Waals surface area contributed by atoms with Gasteiger partial charge in [0.15, 0.2) is 0 Å². The van der Waals surface area contributed by atoms with Gasteiger partial charge in [0.2, 0.25) is 0 Å². The van der Waals surface area contributed by atoms with Gasteiger partial charge in [0.1, 0.15) is 0 Å². The fraction of sp³-hybridized carbons (Fsp3) is 0. The Morgan fingerprint density at radius 3 is 0.0859 bits per heavy atom. The summed E-state index contributed by atoms with van der Waals surface area (Å²) in [5.41, 5.74) is 0. The Morgan fingerprint density at radius 1 is 0.0391 bits per heavy atom. The minimum atomic E-state index is 2.37. The molecule has 0 aliphatic carbocycles. The summed E-state index contributed by atoms with van der Waals surface area (Å²) in [4.78, 5) is 0. The van der Waals surface area contributed by atoms with E-state index in [0.29, 0.717) is 0 Å². The van der Waals surface area contributed by atoms with E-state index in [2.05, 4.69) is 760 Å². The second kappa shape index (κ2) is 99.0. The van der Waals surface area contributed by atoms with Crippen molar-refractivity contribution in [3.63, 3.8) is 0 Å². The second-order valence-corrected chi connectivity index (χ2v) is 15.9. The van der Waals surface area contributed by atoms with Crippen molar-refractivity contribution < 1.29 is 0 Å². The zero-order valence-corrected chi connectivity index (χ0v) is 64.4. The lowest BCUT2D eigenvalue weighted by Gasteiger charge is -1.64. The molecule has 0 heteroatoms. The predicted octanol–water partition coefficient (Wildman–Crippen LogP) is 0.869. The summed E-state index contributed by atoms with van der Waals surface area (Å²) < 4.78 is 0. The molecule has 0 unspecified atom stereocenters. The first-order valence-electron chi connectivity index (χ1n) is 32.0. The average molecular weight is 1540 g/mol. The van der Waals surface area contributed by atoms with Crippen molar-refractivity contribution in [2.24, 2.45) is 0 Å². The Hall–Kier alpha value is -28.0. The van der Waals surface area contributed by atoms with E-state index < -0.39 is 0 Å². The van der Waals surface area contributed by atoms with Crippen LogP contribution in [0.4, 0.5) is 0 Å². The third kappa shape index (κ3) is 98.0. The van der Waals surface area contributed by atoms with Crippen LogP contribution in [-0.2, 0) is 0 Å². The van der Waals surface area contributed by atoms with Gasteiger partial charge in [-0.2, -0.15) is 13.8 Å². The van der Waals surface area contributed by atoms with Gasteiger partial charge in [-0.05, 0) is 94.7 Å². The molecular weight excluding hydrogens is 1540 g/mol. The molecule has 0 saturated heterocycles. The maximum atomic E-state index is 3.32. The van der Waals surface area contributed by atoms with Crippen molar-refractivity contribution in [1.29, 1.82) is 0 Å². The van der Waals surface area contributed by atoms with E-state index in [1.54, 1.807) is 0 Å². The van der Waals surface area contributed by atoms with E-state index >= 15 is 0 Å². The van der Waals surface area contributed by atoms with Crippen molar-refractivity contribution in [2.45, 2.75) is 0 Å². The summed E-state index contributed by atoms with van der Waals surface area (Å²) in [5, 5.41) is 0. The van der Waals surface area contributed by atoms with Crippen LogP contribution in [-0.4, -0.2) is 0 Å². The van der Waals surface area contributed by atoms with Gasteiger partial charge in [-0.25, -0.2) is 11.8 Å². The maximum absolute atomic E-state index is 3.32. The molecule has 0 aliphatic heterocycles. The molecule has 0 amide bonds. The fourth-order valence-corrected chi connectivity index (χ4v) is 3.90. The van der Waals surface area contributed by atoms with Crippen LogP contribution in [0.3, 0.4) is 0 Å². The molecule has 0 aromatic rings. The summed E-state index contributed by atoms with van der Waals surface area (Å²) in [6.45, 7) is 6.64. The lowest BCUT2D eigenvalue weighted by Crippen LogP contribution is -1.57. The summed E-state index contributed by atoms with van der Waals surface area (Å²) >= 11 is 0. The van der Waals surface area contributed by atoms with Gasteiger partial charge >= 0.3 is 0 Å². The zero-order chi connectivity index (χ0) is 91.1.